The van der Waals surface area contributed by atoms with Crippen molar-refractivity contribution in [1.29, 1.82) is 0 Å². The van der Waals surface area contributed by atoms with Crippen molar-refractivity contribution in [2.75, 3.05) is 25.0 Å². The second kappa shape index (κ2) is 15.3. The largest absolute Gasteiger partial charge is 0.487 e. The van der Waals surface area contributed by atoms with E-state index in [2.05, 4.69) is 46.6 Å². The molecule has 0 radical (unpaired) electrons. The summed E-state index contributed by atoms with van der Waals surface area (Å²) in [6.45, 7) is 4.61. The Morgan fingerprint density at radius 3 is 2.22 bits per heavy atom. The van der Waals surface area contributed by atoms with Gasteiger partial charge in [0.25, 0.3) is 0 Å². The number of anilines is 1. The minimum Gasteiger partial charge on any atom is -0.487 e. The van der Waals surface area contributed by atoms with Crippen LogP contribution in [0.25, 0.3) is 0 Å². The Labute approximate surface area is 241 Å². The molecule has 0 saturated heterocycles. The first-order valence-corrected chi connectivity index (χ1v) is 14.1. The van der Waals surface area contributed by atoms with Crippen molar-refractivity contribution < 1.29 is 14.5 Å². The Kier molecular flexibility index (Phi) is 11.0. The first kappa shape index (κ1) is 29.5. The smallest absolute Gasteiger partial charge is 0.311 e. The maximum absolute atomic E-state index is 13.3. The number of nitrogens with zero attached hydrogens (tertiary/aromatic N) is 2. The molecule has 0 fully saturated rings. The molecule has 0 atom stereocenters. The molecule has 4 aromatic rings. The highest BCUT2D eigenvalue weighted by Gasteiger charge is 2.20. The van der Waals surface area contributed by atoms with Crippen molar-refractivity contribution in [2.24, 2.45) is 0 Å². The minimum absolute atomic E-state index is 0.152. The molecule has 0 spiro atoms. The fraction of sp³-hybridized carbons (Fsp3) is 0.265. The molecule has 0 saturated carbocycles. The Hall–Kier alpha value is -4.49. The topological polar surface area (TPSA) is 84.7 Å². The molecule has 0 aliphatic carbocycles. The fourth-order valence-electron chi connectivity index (χ4n) is 4.51. The number of rotatable bonds is 16. The van der Waals surface area contributed by atoms with Gasteiger partial charge >= 0.3 is 5.69 Å². The Balaban J connectivity index is 1.41. The highest BCUT2D eigenvalue weighted by atomic mass is 16.6. The van der Waals surface area contributed by atoms with Gasteiger partial charge in [0, 0.05) is 37.0 Å². The molecule has 0 amide bonds. The standard InChI is InChI=1S/C34H37N3O4/c1-2-3-22-41-34-19-16-30(23-32(34)37(39)40)33(38)26-36(25-29-12-8-5-9-13-29)21-20-27-14-17-31(18-15-27)35-24-28-10-6-4-7-11-28/h4-19,23,35H,2-3,20-22,24-26H2,1H3. The SMILES string of the molecule is CCCCOc1ccc(C(=O)CN(CCc2ccc(NCc3ccccc3)cc2)Cc2ccccc2)cc1[N+](=O)[O-]. The van der Waals surface area contributed by atoms with Crippen LogP contribution in [0, 0.1) is 10.1 Å². The maximum atomic E-state index is 13.3. The molecule has 41 heavy (non-hydrogen) atoms. The molecule has 1 N–H and O–H groups in total. The molecule has 0 unspecified atom stereocenters. The number of nitro benzene ring substituents is 1. The zero-order valence-electron chi connectivity index (χ0n) is 23.5. The van der Waals surface area contributed by atoms with Gasteiger partial charge in [-0.1, -0.05) is 86.1 Å². The molecule has 0 heterocycles. The van der Waals surface area contributed by atoms with Gasteiger partial charge in [-0.2, -0.15) is 0 Å². The monoisotopic (exact) mass is 551 g/mol. The third kappa shape index (κ3) is 9.29. The summed E-state index contributed by atoms with van der Waals surface area (Å²) in [5.74, 6) is 0.0347. The van der Waals surface area contributed by atoms with Crippen LogP contribution in [0.2, 0.25) is 0 Å². The van der Waals surface area contributed by atoms with Crippen LogP contribution in [-0.2, 0) is 19.5 Å². The number of hydrogen-bond donors (Lipinski definition) is 1. The van der Waals surface area contributed by atoms with Crippen LogP contribution in [0.5, 0.6) is 5.75 Å². The summed E-state index contributed by atoms with van der Waals surface area (Å²) >= 11 is 0. The lowest BCUT2D eigenvalue weighted by molar-refractivity contribution is -0.385. The summed E-state index contributed by atoms with van der Waals surface area (Å²) in [6, 6.07) is 33.2. The lowest BCUT2D eigenvalue weighted by atomic mass is 10.1. The fourth-order valence-corrected chi connectivity index (χ4v) is 4.51. The Morgan fingerprint density at radius 1 is 0.878 bits per heavy atom. The summed E-state index contributed by atoms with van der Waals surface area (Å²) < 4.78 is 5.60. The van der Waals surface area contributed by atoms with Gasteiger partial charge in [0.15, 0.2) is 11.5 Å². The number of hydrogen-bond acceptors (Lipinski definition) is 6. The average molecular weight is 552 g/mol. The highest BCUT2D eigenvalue weighted by Crippen LogP contribution is 2.28. The molecule has 7 heteroatoms. The number of ketones is 1. The second-order valence-electron chi connectivity index (χ2n) is 10.0. The van der Waals surface area contributed by atoms with Gasteiger partial charge < -0.3 is 10.1 Å². The van der Waals surface area contributed by atoms with E-state index >= 15 is 0 Å². The number of nitro groups is 1. The number of carbonyl (C=O) groups is 1. The molecule has 4 rings (SSSR count). The predicted octanol–water partition coefficient (Wildman–Crippen LogP) is 7.31. The first-order chi connectivity index (χ1) is 20.0. The van der Waals surface area contributed by atoms with Gasteiger partial charge in [-0.25, -0.2) is 0 Å². The van der Waals surface area contributed by atoms with Gasteiger partial charge in [0.2, 0.25) is 0 Å². The molecule has 4 aromatic carbocycles. The van der Waals surface area contributed by atoms with E-state index in [1.165, 1.54) is 23.3 Å². The molecule has 0 aliphatic rings. The van der Waals surface area contributed by atoms with E-state index < -0.39 is 4.92 Å². The first-order valence-electron chi connectivity index (χ1n) is 14.1. The molecule has 212 valence electrons. The third-order valence-corrected chi connectivity index (χ3v) is 6.86. The quantitative estimate of drug-likeness (QED) is 0.0680. The van der Waals surface area contributed by atoms with E-state index in [0.717, 1.165) is 37.1 Å². The van der Waals surface area contributed by atoms with E-state index in [4.69, 9.17) is 4.74 Å². The van der Waals surface area contributed by atoms with Crippen LogP contribution >= 0.6 is 0 Å². The zero-order valence-corrected chi connectivity index (χ0v) is 23.5. The third-order valence-electron chi connectivity index (χ3n) is 6.86. The molecule has 7 nitrogen and oxygen atoms in total. The van der Waals surface area contributed by atoms with Crippen molar-refractivity contribution in [3.05, 3.63) is 135 Å². The van der Waals surface area contributed by atoms with Crippen molar-refractivity contribution in [2.45, 2.75) is 39.3 Å². The summed E-state index contributed by atoms with van der Waals surface area (Å²) in [6.07, 6.45) is 2.50. The Bertz CT molecular complexity index is 1390. The normalized spacial score (nSPS) is 10.9. The lowest BCUT2D eigenvalue weighted by Crippen LogP contribution is -2.31. The number of carbonyl (C=O) groups excluding carboxylic acids is 1. The van der Waals surface area contributed by atoms with Crippen LogP contribution in [0.3, 0.4) is 0 Å². The summed E-state index contributed by atoms with van der Waals surface area (Å²) in [7, 11) is 0. The molecular weight excluding hydrogens is 514 g/mol. The number of ether oxygens (including phenoxy) is 1. The number of Topliss-reactive ketones (excluding diaryl/α,β-unsaturated/α-hetero) is 1. The number of benzene rings is 4. The van der Waals surface area contributed by atoms with E-state index in [-0.39, 0.29) is 23.8 Å². The van der Waals surface area contributed by atoms with E-state index in [1.54, 1.807) is 6.07 Å². The average Bonchev–Trinajstić information content (AvgIpc) is 3.00. The summed E-state index contributed by atoms with van der Waals surface area (Å²) in [5, 5.41) is 15.1. The molecule has 0 bridgehead atoms. The van der Waals surface area contributed by atoms with E-state index in [1.807, 2.05) is 55.5 Å². The van der Waals surface area contributed by atoms with Crippen molar-refractivity contribution in [1.82, 2.24) is 4.90 Å². The lowest BCUT2D eigenvalue weighted by Gasteiger charge is -2.22. The van der Waals surface area contributed by atoms with Crippen LogP contribution in [0.15, 0.2) is 103 Å². The van der Waals surface area contributed by atoms with E-state index in [9.17, 15) is 14.9 Å². The Morgan fingerprint density at radius 2 is 1.56 bits per heavy atom. The van der Waals surface area contributed by atoms with Crippen LogP contribution in [0.4, 0.5) is 11.4 Å². The minimum atomic E-state index is -0.488. The maximum Gasteiger partial charge on any atom is 0.311 e. The zero-order chi connectivity index (χ0) is 28.9. The number of unbranched alkanes of at least 4 members (excludes halogenated alkanes) is 1. The van der Waals surface area contributed by atoms with Gasteiger partial charge in [-0.15, -0.1) is 0 Å². The molecular formula is C34H37N3O4. The molecule has 0 aromatic heterocycles. The highest BCUT2D eigenvalue weighted by molar-refractivity contribution is 5.98. The van der Waals surface area contributed by atoms with Gasteiger partial charge in [0.05, 0.1) is 18.1 Å². The van der Waals surface area contributed by atoms with Crippen molar-refractivity contribution in [3.63, 3.8) is 0 Å². The second-order valence-corrected chi connectivity index (χ2v) is 10.0. The van der Waals surface area contributed by atoms with Gasteiger partial charge in [-0.05, 0) is 53.8 Å². The van der Waals surface area contributed by atoms with Crippen LogP contribution in [-0.4, -0.2) is 35.3 Å². The molecule has 0 aliphatic heterocycles. The van der Waals surface area contributed by atoms with Crippen molar-refractivity contribution >= 4 is 17.2 Å². The van der Waals surface area contributed by atoms with Crippen molar-refractivity contribution in [3.8, 4) is 5.75 Å². The van der Waals surface area contributed by atoms with Gasteiger partial charge in [-0.3, -0.25) is 19.8 Å². The predicted molar refractivity (Wildman–Crippen MR) is 163 cm³/mol. The van der Waals surface area contributed by atoms with Crippen LogP contribution in [0.1, 0.15) is 46.8 Å². The van der Waals surface area contributed by atoms with Gasteiger partial charge in [0.1, 0.15) is 0 Å². The summed E-state index contributed by atoms with van der Waals surface area (Å²) in [4.78, 5) is 26.6. The summed E-state index contributed by atoms with van der Waals surface area (Å²) in [5.41, 5.74) is 4.69. The number of nitrogens with one attached hydrogen (secondary N) is 1. The van der Waals surface area contributed by atoms with E-state index in [0.29, 0.717) is 25.3 Å². The van der Waals surface area contributed by atoms with Crippen LogP contribution < -0.4 is 10.1 Å².